The molecule has 0 radical (unpaired) electrons. The molecule has 1 N–H and O–H groups in total. The van der Waals surface area contributed by atoms with Gasteiger partial charge in [0.2, 0.25) is 0 Å². The summed E-state index contributed by atoms with van der Waals surface area (Å²) in [4.78, 5) is 35.1. The molecular weight excluding hydrogens is 483 g/mol. The van der Waals surface area contributed by atoms with Crippen LogP contribution in [0.5, 0.6) is 0 Å². The van der Waals surface area contributed by atoms with Crippen molar-refractivity contribution in [2.45, 2.75) is 25.1 Å². The van der Waals surface area contributed by atoms with E-state index in [1.165, 1.54) is 12.4 Å². The van der Waals surface area contributed by atoms with E-state index in [1.807, 2.05) is 0 Å². The predicted octanol–water partition coefficient (Wildman–Crippen LogP) is 3.27. The van der Waals surface area contributed by atoms with E-state index >= 15 is 0 Å². The molecule has 2 aromatic heterocycles. The molecule has 190 valence electrons. The first-order valence-electron chi connectivity index (χ1n) is 11.7. The highest BCUT2D eigenvalue weighted by molar-refractivity contribution is 7.17. The van der Waals surface area contributed by atoms with Crippen molar-refractivity contribution in [3.8, 4) is 0 Å². The highest BCUT2D eigenvalue weighted by Crippen LogP contribution is 2.40. The molecule has 2 atom stereocenters. The molecule has 5 rings (SSSR count). The van der Waals surface area contributed by atoms with E-state index in [-0.39, 0.29) is 33.8 Å². The van der Waals surface area contributed by atoms with Crippen LogP contribution in [0.25, 0.3) is 10.2 Å². The summed E-state index contributed by atoms with van der Waals surface area (Å²) < 4.78 is 47.1. The number of pyridine rings is 1. The largest absolute Gasteiger partial charge is 0.446 e. The predicted molar refractivity (Wildman–Crippen MR) is 126 cm³/mol. The lowest BCUT2D eigenvalue weighted by atomic mass is 10.0. The number of aromatic nitrogens is 1. The van der Waals surface area contributed by atoms with E-state index in [1.54, 1.807) is 9.80 Å². The number of piperidine rings is 1. The van der Waals surface area contributed by atoms with Crippen molar-refractivity contribution in [2.24, 2.45) is 11.8 Å². The number of fused-ring (bicyclic) bond motifs is 2. The lowest BCUT2D eigenvalue weighted by Gasteiger charge is -2.33. The minimum absolute atomic E-state index is 0.0507. The van der Waals surface area contributed by atoms with Crippen LogP contribution in [0.3, 0.4) is 0 Å². The molecule has 0 aliphatic carbocycles. The highest BCUT2D eigenvalue weighted by atomic mass is 32.1. The second-order valence-corrected chi connectivity index (χ2v) is 10.5. The molecule has 0 spiro atoms. The van der Waals surface area contributed by atoms with Gasteiger partial charge in [-0.25, -0.2) is 9.78 Å². The molecule has 12 heteroatoms. The minimum Gasteiger partial charge on any atom is -0.446 e. The van der Waals surface area contributed by atoms with Crippen molar-refractivity contribution >= 4 is 39.4 Å². The molecule has 5 heterocycles. The standard InChI is InChI=1S/C23H28F3N5O3S/c1-27-21(32)16-12-35-20-17(23(24,25)26)7-18(28-19(16)20)30-5-3-15(4-6-30)34-22(33)31-10-13-8-29(2)9-14(13)11-31/h7,12-15H,3-6,8-11H2,1-2H3,(H,27,32)/t13-,14+. The Morgan fingerprint density at radius 2 is 1.80 bits per heavy atom. The third-order valence-corrected chi connectivity index (χ3v) is 8.25. The first-order valence-corrected chi connectivity index (χ1v) is 12.6. The Labute approximate surface area is 205 Å². The van der Waals surface area contributed by atoms with Gasteiger partial charge in [-0.1, -0.05) is 0 Å². The molecule has 0 saturated carbocycles. The lowest BCUT2D eigenvalue weighted by molar-refractivity contribution is -0.136. The Hall–Kier alpha value is -2.60. The lowest BCUT2D eigenvalue weighted by Crippen LogP contribution is -2.41. The molecule has 3 saturated heterocycles. The number of hydrogen-bond donors (Lipinski definition) is 1. The monoisotopic (exact) mass is 511 g/mol. The molecule has 0 bridgehead atoms. The van der Waals surface area contributed by atoms with Crippen LogP contribution in [0.4, 0.5) is 23.8 Å². The van der Waals surface area contributed by atoms with Gasteiger partial charge >= 0.3 is 12.3 Å². The number of thiophene rings is 1. The van der Waals surface area contributed by atoms with E-state index in [4.69, 9.17) is 4.74 Å². The zero-order valence-corrected chi connectivity index (χ0v) is 20.4. The summed E-state index contributed by atoms with van der Waals surface area (Å²) in [6, 6.07) is 1.05. The first-order chi connectivity index (χ1) is 16.6. The van der Waals surface area contributed by atoms with Gasteiger partial charge in [0.05, 0.1) is 21.3 Å². The SMILES string of the molecule is CNC(=O)c1csc2c(C(F)(F)F)cc(N3CCC(OC(=O)N4C[C@H]5CN(C)C[C@H]5C4)CC3)nc12. The van der Waals surface area contributed by atoms with Crippen LogP contribution in [0.15, 0.2) is 11.4 Å². The van der Waals surface area contributed by atoms with Crippen molar-refractivity contribution in [2.75, 3.05) is 58.3 Å². The Morgan fingerprint density at radius 3 is 2.40 bits per heavy atom. The fourth-order valence-electron chi connectivity index (χ4n) is 5.46. The molecule has 3 aliphatic rings. The number of nitrogens with one attached hydrogen (secondary N) is 1. The molecule has 8 nitrogen and oxygen atoms in total. The van der Waals surface area contributed by atoms with Gasteiger partial charge in [-0.3, -0.25) is 4.79 Å². The maximum Gasteiger partial charge on any atom is 0.417 e. The summed E-state index contributed by atoms with van der Waals surface area (Å²) in [5.74, 6) is 0.692. The summed E-state index contributed by atoms with van der Waals surface area (Å²) >= 11 is 0.865. The smallest absolute Gasteiger partial charge is 0.417 e. The molecule has 2 aromatic rings. The van der Waals surface area contributed by atoms with Gasteiger partial charge in [-0.2, -0.15) is 13.2 Å². The van der Waals surface area contributed by atoms with E-state index in [2.05, 4.69) is 22.2 Å². The highest BCUT2D eigenvalue weighted by Gasteiger charge is 2.41. The number of alkyl halides is 3. The van der Waals surface area contributed by atoms with Gasteiger partial charge in [0.1, 0.15) is 11.9 Å². The van der Waals surface area contributed by atoms with E-state index in [9.17, 15) is 22.8 Å². The van der Waals surface area contributed by atoms with E-state index in [0.29, 0.717) is 50.9 Å². The number of nitrogens with zero attached hydrogens (tertiary/aromatic N) is 4. The van der Waals surface area contributed by atoms with Crippen LogP contribution in [0.2, 0.25) is 0 Å². The molecule has 3 fully saturated rings. The van der Waals surface area contributed by atoms with Crippen LogP contribution in [-0.4, -0.2) is 86.3 Å². The molecule has 3 aliphatic heterocycles. The molecule has 2 amide bonds. The third-order valence-electron chi connectivity index (χ3n) is 7.25. The number of amides is 2. The van der Waals surface area contributed by atoms with Gasteiger partial charge in [0.25, 0.3) is 5.91 Å². The average Bonchev–Trinajstić information content (AvgIpc) is 3.50. The molecule has 0 unspecified atom stereocenters. The van der Waals surface area contributed by atoms with Gasteiger partial charge in [-0.05, 0) is 24.9 Å². The summed E-state index contributed by atoms with van der Waals surface area (Å²) in [5.41, 5.74) is -0.611. The number of ether oxygens (including phenoxy) is 1. The maximum atomic E-state index is 13.8. The van der Waals surface area contributed by atoms with Crippen LogP contribution in [-0.2, 0) is 10.9 Å². The topological polar surface area (TPSA) is 78.0 Å². The van der Waals surface area contributed by atoms with Crippen LogP contribution in [0.1, 0.15) is 28.8 Å². The molecular formula is C23H28F3N5O3S. The average molecular weight is 512 g/mol. The number of likely N-dealkylation sites (tertiary alicyclic amines) is 2. The summed E-state index contributed by atoms with van der Waals surface area (Å²) in [7, 11) is 3.52. The molecule has 35 heavy (non-hydrogen) atoms. The number of hydrogen-bond acceptors (Lipinski definition) is 7. The summed E-state index contributed by atoms with van der Waals surface area (Å²) in [6.07, 6.45) is -4.15. The number of carbonyl (C=O) groups is 2. The first kappa shape index (κ1) is 24.1. The number of carbonyl (C=O) groups excluding carboxylic acids is 2. The number of anilines is 1. The Kier molecular flexibility index (Phi) is 6.28. The Morgan fingerprint density at radius 1 is 1.14 bits per heavy atom. The Bertz CT molecular complexity index is 1120. The zero-order valence-electron chi connectivity index (χ0n) is 19.6. The minimum atomic E-state index is -4.57. The van der Waals surface area contributed by atoms with Gasteiger partial charge in [0.15, 0.2) is 0 Å². The van der Waals surface area contributed by atoms with Gasteiger partial charge in [-0.15, -0.1) is 11.3 Å². The van der Waals surface area contributed by atoms with E-state index < -0.39 is 17.6 Å². The van der Waals surface area contributed by atoms with Crippen molar-refractivity contribution < 1.29 is 27.5 Å². The normalized spacial score (nSPS) is 23.7. The van der Waals surface area contributed by atoms with Gasteiger partial charge < -0.3 is 24.8 Å². The molecule has 0 aromatic carbocycles. The van der Waals surface area contributed by atoms with Crippen molar-refractivity contribution in [1.82, 2.24) is 20.1 Å². The van der Waals surface area contributed by atoms with Crippen molar-refractivity contribution in [3.05, 3.63) is 22.6 Å². The van der Waals surface area contributed by atoms with Crippen molar-refractivity contribution in [3.63, 3.8) is 0 Å². The number of rotatable bonds is 3. The van der Waals surface area contributed by atoms with E-state index in [0.717, 1.165) is 30.5 Å². The second kappa shape index (κ2) is 9.12. The quantitative estimate of drug-likeness (QED) is 0.682. The second-order valence-electron chi connectivity index (χ2n) is 9.65. The summed E-state index contributed by atoms with van der Waals surface area (Å²) in [5, 5.41) is 3.87. The fraction of sp³-hybridized carbons (Fsp3) is 0.609. The van der Waals surface area contributed by atoms with Gasteiger partial charge in [0, 0.05) is 64.5 Å². The Balaban J connectivity index is 1.26. The zero-order chi connectivity index (χ0) is 24.9. The summed E-state index contributed by atoms with van der Waals surface area (Å²) in [6.45, 7) is 4.23. The fourth-order valence-corrected chi connectivity index (χ4v) is 6.48. The van der Waals surface area contributed by atoms with Crippen LogP contribution in [0, 0.1) is 11.8 Å². The van der Waals surface area contributed by atoms with Crippen LogP contribution >= 0.6 is 11.3 Å². The van der Waals surface area contributed by atoms with Crippen molar-refractivity contribution in [1.29, 1.82) is 0 Å². The third kappa shape index (κ3) is 4.65. The number of halogens is 3. The van der Waals surface area contributed by atoms with Crippen LogP contribution < -0.4 is 10.2 Å². The maximum absolute atomic E-state index is 13.8.